The predicted octanol–water partition coefficient (Wildman–Crippen LogP) is 4.22. The highest BCUT2D eigenvalue weighted by Crippen LogP contribution is 2.20. The Morgan fingerprint density at radius 2 is 1.79 bits per heavy atom. The van der Waals surface area contributed by atoms with Crippen molar-refractivity contribution in [2.45, 2.75) is 33.9 Å². The molecule has 0 unspecified atom stereocenters. The van der Waals surface area contributed by atoms with Gasteiger partial charge in [0, 0.05) is 42.0 Å². The summed E-state index contributed by atoms with van der Waals surface area (Å²) in [7, 11) is 1.70. The highest BCUT2D eigenvalue weighted by atomic mass is 35.5. The number of benzene rings is 2. The third-order valence-electron chi connectivity index (χ3n) is 5.67. The highest BCUT2D eigenvalue weighted by Gasteiger charge is 2.17. The molecule has 0 aliphatic heterocycles. The van der Waals surface area contributed by atoms with Crippen LogP contribution in [0.1, 0.15) is 38.4 Å². The van der Waals surface area contributed by atoms with Gasteiger partial charge in [-0.25, -0.2) is 9.18 Å². The third kappa shape index (κ3) is 6.14. The van der Waals surface area contributed by atoms with E-state index in [2.05, 4.69) is 15.7 Å². The minimum atomic E-state index is -0.427. The second-order valence-electron chi connectivity index (χ2n) is 8.21. The molecule has 0 fully saturated rings. The zero-order valence-electron chi connectivity index (χ0n) is 19.8. The van der Waals surface area contributed by atoms with Gasteiger partial charge in [0.2, 0.25) is 0 Å². The number of nitrogens with one attached hydrogen (secondary N) is 2. The van der Waals surface area contributed by atoms with Crippen LogP contribution in [-0.4, -0.2) is 46.8 Å². The van der Waals surface area contributed by atoms with E-state index in [1.54, 1.807) is 31.0 Å². The number of nitrogens with zero attached hydrogens (tertiary/aromatic N) is 3. The van der Waals surface area contributed by atoms with Crippen LogP contribution in [0.25, 0.3) is 0 Å². The molecule has 3 aromatic rings. The fraction of sp³-hybridized carbons (Fsp3) is 0.320. The molecule has 0 saturated heterocycles. The summed E-state index contributed by atoms with van der Waals surface area (Å²) >= 11 is 6.28. The van der Waals surface area contributed by atoms with E-state index in [0.717, 1.165) is 22.5 Å². The van der Waals surface area contributed by atoms with E-state index in [0.29, 0.717) is 23.7 Å². The first-order valence-electron chi connectivity index (χ1n) is 11.0. The van der Waals surface area contributed by atoms with Crippen LogP contribution in [-0.2, 0) is 13.1 Å². The third-order valence-corrected chi connectivity index (χ3v) is 6.04. The van der Waals surface area contributed by atoms with E-state index in [1.165, 1.54) is 6.07 Å². The Hall–Kier alpha value is -3.39. The molecule has 0 aliphatic carbocycles. The van der Waals surface area contributed by atoms with Crippen LogP contribution in [0.3, 0.4) is 0 Å². The molecule has 0 saturated carbocycles. The Morgan fingerprint density at radius 3 is 2.50 bits per heavy atom. The Bertz CT molecular complexity index is 1190. The van der Waals surface area contributed by atoms with Gasteiger partial charge in [-0.1, -0.05) is 35.9 Å². The average Bonchev–Trinajstić information content (AvgIpc) is 3.07. The molecule has 34 heavy (non-hydrogen) atoms. The Labute approximate surface area is 203 Å². The number of aromatic nitrogens is 2. The molecule has 0 bridgehead atoms. The second kappa shape index (κ2) is 11.2. The Kier molecular flexibility index (Phi) is 8.28. The van der Waals surface area contributed by atoms with E-state index < -0.39 is 11.7 Å². The molecule has 180 valence electrons. The van der Waals surface area contributed by atoms with Crippen LogP contribution in [0.5, 0.6) is 0 Å². The van der Waals surface area contributed by atoms with Gasteiger partial charge in [-0.05, 0) is 50.1 Å². The van der Waals surface area contributed by atoms with Crippen LogP contribution >= 0.6 is 11.6 Å². The number of halogens is 2. The normalized spacial score (nSPS) is 10.8. The van der Waals surface area contributed by atoms with Crippen molar-refractivity contribution >= 4 is 23.5 Å². The van der Waals surface area contributed by atoms with E-state index in [1.807, 2.05) is 42.8 Å². The molecule has 0 radical (unpaired) electrons. The van der Waals surface area contributed by atoms with Gasteiger partial charge >= 0.3 is 6.03 Å². The summed E-state index contributed by atoms with van der Waals surface area (Å²) < 4.78 is 15.5. The molecule has 9 heteroatoms. The maximum absolute atomic E-state index is 13.6. The molecular formula is C25H29ClFN5O2. The maximum Gasteiger partial charge on any atom is 0.317 e. The maximum atomic E-state index is 13.6. The van der Waals surface area contributed by atoms with Crippen molar-refractivity contribution in [1.82, 2.24) is 25.3 Å². The average molecular weight is 486 g/mol. The fourth-order valence-corrected chi connectivity index (χ4v) is 3.73. The van der Waals surface area contributed by atoms with Gasteiger partial charge in [-0.2, -0.15) is 5.10 Å². The minimum absolute atomic E-state index is 0.224. The number of aryl methyl sites for hydroxylation is 2. The topological polar surface area (TPSA) is 79.3 Å². The molecule has 3 amide bonds. The van der Waals surface area contributed by atoms with Gasteiger partial charge in [-0.15, -0.1) is 0 Å². The van der Waals surface area contributed by atoms with Crippen molar-refractivity contribution in [1.29, 1.82) is 0 Å². The SMILES string of the molecule is Cc1ccc(C(=O)NCCNC(=O)N(C)Cc2c(C)nn(Cc3ccccc3Cl)c2C)cc1F. The van der Waals surface area contributed by atoms with E-state index in [4.69, 9.17) is 11.6 Å². The molecule has 1 heterocycles. The minimum Gasteiger partial charge on any atom is -0.350 e. The van der Waals surface area contributed by atoms with Gasteiger partial charge in [0.25, 0.3) is 5.91 Å². The fourth-order valence-electron chi connectivity index (χ4n) is 3.53. The standard InChI is InChI=1S/C25H29ClFN5O2/c1-16-9-10-19(13-23(16)27)24(33)28-11-12-29-25(34)31(4)15-21-17(2)30-32(18(21)3)14-20-7-5-6-8-22(20)26/h5-10,13H,11-12,14-15H2,1-4H3,(H,28,33)(H,29,34). The highest BCUT2D eigenvalue weighted by molar-refractivity contribution is 6.31. The van der Waals surface area contributed by atoms with Crippen LogP contribution in [0, 0.1) is 26.6 Å². The molecule has 7 nitrogen and oxygen atoms in total. The molecule has 2 aromatic carbocycles. The summed E-state index contributed by atoms with van der Waals surface area (Å²) in [4.78, 5) is 26.2. The number of hydrogen-bond acceptors (Lipinski definition) is 3. The van der Waals surface area contributed by atoms with Crippen molar-refractivity contribution in [3.05, 3.63) is 86.9 Å². The largest absolute Gasteiger partial charge is 0.350 e. The van der Waals surface area contributed by atoms with Gasteiger partial charge < -0.3 is 15.5 Å². The molecular weight excluding hydrogens is 457 g/mol. The molecule has 0 aliphatic rings. The zero-order chi connectivity index (χ0) is 24.8. The molecule has 0 atom stereocenters. The smallest absolute Gasteiger partial charge is 0.317 e. The molecule has 3 rings (SSSR count). The first-order valence-corrected chi connectivity index (χ1v) is 11.3. The van der Waals surface area contributed by atoms with E-state index in [-0.39, 0.29) is 24.7 Å². The predicted molar refractivity (Wildman–Crippen MR) is 131 cm³/mol. The lowest BCUT2D eigenvalue weighted by Crippen LogP contribution is -2.41. The number of carbonyl (C=O) groups is 2. The molecule has 1 aromatic heterocycles. The monoisotopic (exact) mass is 485 g/mol. The number of rotatable bonds is 8. The van der Waals surface area contributed by atoms with Gasteiger partial charge in [0.1, 0.15) is 5.82 Å². The van der Waals surface area contributed by atoms with Gasteiger partial charge in [0.05, 0.1) is 18.8 Å². The summed E-state index contributed by atoms with van der Waals surface area (Å²) in [5.74, 6) is -0.818. The summed E-state index contributed by atoms with van der Waals surface area (Å²) in [6.45, 7) is 6.93. The van der Waals surface area contributed by atoms with Crippen LogP contribution in [0.4, 0.5) is 9.18 Å². The molecule has 0 spiro atoms. The van der Waals surface area contributed by atoms with Crippen LogP contribution < -0.4 is 10.6 Å². The lowest BCUT2D eigenvalue weighted by molar-refractivity contribution is 0.0953. The van der Waals surface area contributed by atoms with Gasteiger partial charge in [0.15, 0.2) is 0 Å². The Balaban J connectivity index is 1.50. The van der Waals surface area contributed by atoms with Crippen molar-refractivity contribution in [2.24, 2.45) is 0 Å². The summed E-state index contributed by atoms with van der Waals surface area (Å²) in [6.07, 6.45) is 0. The number of carbonyl (C=O) groups excluding carboxylic acids is 2. The summed E-state index contributed by atoms with van der Waals surface area (Å²) in [5.41, 5.74) is 4.48. The lowest BCUT2D eigenvalue weighted by atomic mass is 10.1. The first kappa shape index (κ1) is 25.2. The van der Waals surface area contributed by atoms with Gasteiger partial charge in [-0.3, -0.25) is 9.48 Å². The first-order chi connectivity index (χ1) is 16.2. The van der Waals surface area contributed by atoms with E-state index >= 15 is 0 Å². The van der Waals surface area contributed by atoms with Crippen LogP contribution in [0.2, 0.25) is 5.02 Å². The van der Waals surface area contributed by atoms with Crippen molar-refractivity contribution in [3.8, 4) is 0 Å². The lowest BCUT2D eigenvalue weighted by Gasteiger charge is -2.18. The van der Waals surface area contributed by atoms with Crippen molar-refractivity contribution in [2.75, 3.05) is 20.1 Å². The Morgan fingerprint density at radius 1 is 1.09 bits per heavy atom. The number of hydrogen-bond donors (Lipinski definition) is 2. The second-order valence-corrected chi connectivity index (χ2v) is 8.61. The zero-order valence-corrected chi connectivity index (χ0v) is 20.5. The van der Waals surface area contributed by atoms with Crippen molar-refractivity contribution in [3.63, 3.8) is 0 Å². The number of urea groups is 1. The van der Waals surface area contributed by atoms with Crippen molar-refractivity contribution < 1.29 is 14.0 Å². The molecule has 2 N–H and O–H groups in total. The number of amides is 3. The van der Waals surface area contributed by atoms with Crippen LogP contribution in [0.15, 0.2) is 42.5 Å². The van der Waals surface area contributed by atoms with E-state index in [9.17, 15) is 14.0 Å². The summed E-state index contributed by atoms with van der Waals surface area (Å²) in [6, 6.07) is 11.7. The quantitative estimate of drug-likeness (QED) is 0.469. The summed E-state index contributed by atoms with van der Waals surface area (Å²) in [5, 5.41) is 10.8.